The molecule has 0 radical (unpaired) electrons. The second-order valence-corrected chi connectivity index (χ2v) is 4.18. The molecule has 0 amide bonds. The van der Waals surface area contributed by atoms with Crippen LogP contribution in [0.15, 0.2) is 18.2 Å². The first-order chi connectivity index (χ1) is 4.74. The van der Waals surface area contributed by atoms with E-state index in [2.05, 4.69) is 50.6 Å². The van der Waals surface area contributed by atoms with Gasteiger partial charge in [0.15, 0.2) is 0 Å². The van der Waals surface area contributed by atoms with Gasteiger partial charge in [0.1, 0.15) is 0 Å². The molecule has 0 aliphatic heterocycles. The maximum absolute atomic E-state index is 5.26. The van der Waals surface area contributed by atoms with Crippen molar-refractivity contribution < 1.29 is 0 Å². The zero-order valence-electron chi connectivity index (χ0n) is 5.07. The maximum atomic E-state index is 5.26. The Kier molecular flexibility index (Phi) is 3.18. The van der Waals surface area contributed by atoms with E-state index in [1.807, 2.05) is 18.2 Å². The Balaban J connectivity index is 3.09. The summed E-state index contributed by atoms with van der Waals surface area (Å²) in [6.07, 6.45) is 0. The first kappa shape index (κ1) is 8.54. The van der Waals surface area contributed by atoms with Crippen LogP contribution < -0.4 is 11.3 Å². The zero-order valence-corrected chi connectivity index (χ0v) is 9.38. The molecule has 1 rings (SSSR count). The lowest BCUT2D eigenvalue weighted by atomic mass is 10.3. The smallest absolute Gasteiger partial charge is 0.0629 e. The summed E-state index contributed by atoms with van der Waals surface area (Å²) in [5, 5.41) is 0. The molecule has 1 aromatic rings. The Hall–Kier alpha value is 0.440. The molecule has 0 fully saturated rings. The maximum Gasteiger partial charge on any atom is 0.0629 e. The number of hydrazine groups is 1. The van der Waals surface area contributed by atoms with Gasteiger partial charge in [-0.25, -0.2) is 0 Å². The summed E-state index contributed by atoms with van der Waals surface area (Å²) in [7, 11) is 0. The first-order valence-corrected chi connectivity index (χ1v) is 4.81. The molecule has 0 aliphatic rings. The minimum Gasteiger partial charge on any atom is -0.323 e. The molecule has 10 heavy (non-hydrogen) atoms. The normalized spacial score (nSPS) is 9.50. The molecular weight excluding hydrogens is 354 g/mol. The number of benzene rings is 1. The Morgan fingerprint density at radius 3 is 2.50 bits per heavy atom. The van der Waals surface area contributed by atoms with Crippen LogP contribution in [-0.4, -0.2) is 0 Å². The van der Waals surface area contributed by atoms with Gasteiger partial charge in [0.2, 0.25) is 0 Å². The van der Waals surface area contributed by atoms with Crippen molar-refractivity contribution in [1.29, 1.82) is 0 Å². The molecule has 0 atom stereocenters. The van der Waals surface area contributed by atoms with Crippen LogP contribution in [0.4, 0.5) is 5.69 Å². The molecule has 0 spiro atoms. The van der Waals surface area contributed by atoms with Crippen LogP contribution in [0.1, 0.15) is 0 Å². The zero-order chi connectivity index (χ0) is 7.56. The van der Waals surface area contributed by atoms with Gasteiger partial charge in [0.25, 0.3) is 0 Å². The SMILES string of the molecule is NNc1cc(I)ccc1I. The molecule has 4 heteroatoms. The molecule has 0 aromatic heterocycles. The summed E-state index contributed by atoms with van der Waals surface area (Å²) in [6, 6.07) is 6.07. The van der Waals surface area contributed by atoms with Gasteiger partial charge >= 0.3 is 0 Å². The minimum atomic E-state index is 0.979. The summed E-state index contributed by atoms with van der Waals surface area (Å²) in [5.41, 5.74) is 3.60. The topological polar surface area (TPSA) is 38.0 Å². The molecule has 0 bridgehead atoms. The molecule has 0 heterocycles. The van der Waals surface area contributed by atoms with E-state index in [1.54, 1.807) is 0 Å². The number of anilines is 1. The average Bonchev–Trinajstić information content (AvgIpc) is 1.94. The highest BCUT2D eigenvalue weighted by Crippen LogP contribution is 2.19. The second kappa shape index (κ2) is 3.72. The molecule has 0 unspecified atom stereocenters. The third-order valence-corrected chi connectivity index (χ3v) is 2.70. The number of hydrogen-bond donors (Lipinski definition) is 2. The van der Waals surface area contributed by atoms with Crippen LogP contribution in [0, 0.1) is 7.14 Å². The molecule has 2 nitrogen and oxygen atoms in total. The number of nitrogens with two attached hydrogens (primary N) is 1. The summed E-state index contributed by atoms with van der Waals surface area (Å²) in [6.45, 7) is 0. The summed E-state index contributed by atoms with van der Waals surface area (Å²) in [4.78, 5) is 0. The van der Waals surface area contributed by atoms with Crippen LogP contribution in [0.25, 0.3) is 0 Å². The molecule has 54 valence electrons. The molecule has 0 aliphatic carbocycles. The van der Waals surface area contributed by atoms with Crippen LogP contribution in [0.3, 0.4) is 0 Å². The Bertz CT molecular complexity index is 237. The second-order valence-electron chi connectivity index (χ2n) is 1.77. The van der Waals surface area contributed by atoms with E-state index < -0.39 is 0 Å². The highest BCUT2D eigenvalue weighted by atomic mass is 127. The van der Waals surface area contributed by atoms with Crippen LogP contribution in [0.2, 0.25) is 0 Å². The van der Waals surface area contributed by atoms with Gasteiger partial charge in [-0.15, -0.1) is 0 Å². The number of nitrogen functional groups attached to an aromatic ring is 1. The number of nitrogens with one attached hydrogen (secondary N) is 1. The van der Waals surface area contributed by atoms with Gasteiger partial charge in [-0.05, 0) is 63.4 Å². The van der Waals surface area contributed by atoms with Crippen molar-refractivity contribution in [3.05, 3.63) is 25.3 Å². The lowest BCUT2D eigenvalue weighted by Gasteiger charge is -2.02. The number of halogens is 2. The fraction of sp³-hybridized carbons (Fsp3) is 0. The molecular formula is C6H6I2N2. The van der Waals surface area contributed by atoms with Gasteiger partial charge in [-0.3, -0.25) is 5.84 Å². The van der Waals surface area contributed by atoms with Crippen molar-refractivity contribution in [2.75, 3.05) is 5.43 Å². The van der Waals surface area contributed by atoms with E-state index in [9.17, 15) is 0 Å². The average molecular weight is 360 g/mol. The lowest BCUT2D eigenvalue weighted by Crippen LogP contribution is -2.08. The van der Waals surface area contributed by atoms with Gasteiger partial charge in [0.05, 0.1) is 5.69 Å². The highest BCUT2D eigenvalue weighted by molar-refractivity contribution is 14.1. The van der Waals surface area contributed by atoms with Gasteiger partial charge < -0.3 is 5.43 Å². The third-order valence-electron chi connectivity index (χ3n) is 1.08. The van der Waals surface area contributed by atoms with E-state index in [0.717, 1.165) is 9.26 Å². The van der Waals surface area contributed by atoms with Gasteiger partial charge in [-0.2, -0.15) is 0 Å². The number of rotatable bonds is 1. The highest BCUT2D eigenvalue weighted by Gasteiger charge is 1.95. The summed E-state index contributed by atoms with van der Waals surface area (Å²) < 4.78 is 2.33. The minimum absolute atomic E-state index is 0.979. The van der Waals surface area contributed by atoms with Crippen LogP contribution >= 0.6 is 45.2 Å². The quantitative estimate of drug-likeness (QED) is 0.458. The fourth-order valence-corrected chi connectivity index (χ4v) is 1.59. The van der Waals surface area contributed by atoms with Crippen molar-refractivity contribution in [2.45, 2.75) is 0 Å². The standard InChI is InChI=1S/C6H6I2N2/c7-4-1-2-5(8)6(3-4)10-9/h1-3,10H,9H2. The van der Waals surface area contributed by atoms with Gasteiger partial charge in [0, 0.05) is 7.14 Å². The lowest BCUT2D eigenvalue weighted by molar-refractivity contribution is 1.33. The van der Waals surface area contributed by atoms with Crippen LogP contribution in [-0.2, 0) is 0 Å². The summed E-state index contributed by atoms with van der Waals surface area (Å²) >= 11 is 4.48. The summed E-state index contributed by atoms with van der Waals surface area (Å²) in [5.74, 6) is 5.26. The van der Waals surface area contributed by atoms with E-state index in [0.29, 0.717) is 0 Å². The predicted molar refractivity (Wildman–Crippen MR) is 59.7 cm³/mol. The predicted octanol–water partition coefficient (Wildman–Crippen LogP) is 2.18. The first-order valence-electron chi connectivity index (χ1n) is 2.65. The van der Waals surface area contributed by atoms with E-state index in [-0.39, 0.29) is 0 Å². The van der Waals surface area contributed by atoms with E-state index in [1.165, 1.54) is 3.57 Å². The Morgan fingerprint density at radius 2 is 2.00 bits per heavy atom. The molecule has 0 saturated carbocycles. The molecule has 0 saturated heterocycles. The van der Waals surface area contributed by atoms with Crippen molar-refractivity contribution in [3.63, 3.8) is 0 Å². The van der Waals surface area contributed by atoms with Crippen molar-refractivity contribution >= 4 is 50.9 Å². The Morgan fingerprint density at radius 1 is 1.30 bits per heavy atom. The fourth-order valence-electron chi connectivity index (χ4n) is 0.608. The number of hydrogen-bond acceptors (Lipinski definition) is 2. The van der Waals surface area contributed by atoms with Crippen molar-refractivity contribution in [3.8, 4) is 0 Å². The Labute approximate surface area is 86.8 Å². The largest absolute Gasteiger partial charge is 0.323 e. The van der Waals surface area contributed by atoms with Gasteiger partial charge in [-0.1, -0.05) is 0 Å². The molecule has 3 N–H and O–H groups in total. The van der Waals surface area contributed by atoms with E-state index >= 15 is 0 Å². The van der Waals surface area contributed by atoms with Crippen molar-refractivity contribution in [1.82, 2.24) is 0 Å². The third kappa shape index (κ3) is 1.96. The monoisotopic (exact) mass is 360 g/mol. The van der Waals surface area contributed by atoms with Crippen LogP contribution in [0.5, 0.6) is 0 Å². The molecule has 1 aromatic carbocycles. The van der Waals surface area contributed by atoms with E-state index in [4.69, 9.17) is 5.84 Å². The van der Waals surface area contributed by atoms with Crippen molar-refractivity contribution in [2.24, 2.45) is 5.84 Å².